The highest BCUT2D eigenvalue weighted by atomic mass is 19.4. The van der Waals surface area contributed by atoms with Crippen molar-refractivity contribution in [2.75, 3.05) is 18.0 Å². The van der Waals surface area contributed by atoms with E-state index in [1.165, 1.54) is 43.9 Å². The van der Waals surface area contributed by atoms with Gasteiger partial charge in [-0.2, -0.15) is 13.2 Å². The molecule has 0 spiro atoms. The Hall–Kier alpha value is -2.80. The number of fused-ring (bicyclic) bond motifs is 1. The van der Waals surface area contributed by atoms with Crippen LogP contribution in [0.25, 0.3) is 6.08 Å². The molecular formula is C24H26F3NO3. The molecule has 1 aliphatic heterocycles. The first kappa shape index (κ1) is 22.9. The van der Waals surface area contributed by atoms with Crippen molar-refractivity contribution in [1.29, 1.82) is 0 Å². The van der Waals surface area contributed by atoms with Gasteiger partial charge in [-0.25, -0.2) is 0 Å². The van der Waals surface area contributed by atoms with Crippen LogP contribution in [0.3, 0.4) is 0 Å². The minimum atomic E-state index is -4.91. The number of alkyl halides is 3. The molecule has 0 bridgehead atoms. The number of benzene rings is 2. The lowest BCUT2D eigenvalue weighted by Crippen LogP contribution is -2.56. The minimum absolute atomic E-state index is 0.0382. The van der Waals surface area contributed by atoms with Gasteiger partial charge >= 0.3 is 6.18 Å². The second-order valence-corrected chi connectivity index (χ2v) is 8.69. The van der Waals surface area contributed by atoms with Crippen LogP contribution in [0.15, 0.2) is 48.5 Å². The quantitative estimate of drug-likeness (QED) is 0.623. The molecule has 0 aliphatic carbocycles. The number of carbonyl (C=O) groups is 1. The maximum atomic E-state index is 14.2. The predicted molar refractivity (Wildman–Crippen MR) is 114 cm³/mol. The van der Waals surface area contributed by atoms with E-state index in [0.29, 0.717) is 5.69 Å². The van der Waals surface area contributed by atoms with Crippen LogP contribution >= 0.6 is 0 Å². The van der Waals surface area contributed by atoms with Crippen molar-refractivity contribution in [2.45, 2.75) is 44.4 Å². The number of aliphatic hydroxyl groups is 1. The highest BCUT2D eigenvalue weighted by molar-refractivity contribution is 5.97. The zero-order valence-corrected chi connectivity index (χ0v) is 17.7. The van der Waals surface area contributed by atoms with E-state index < -0.39 is 35.9 Å². The average molecular weight is 433 g/mol. The van der Waals surface area contributed by atoms with Crippen LogP contribution in [0, 0.1) is 0 Å². The highest BCUT2D eigenvalue weighted by Crippen LogP contribution is 2.45. The zero-order valence-electron chi connectivity index (χ0n) is 17.7. The maximum Gasteiger partial charge on any atom is 0.418 e. The molecule has 0 aromatic heterocycles. The number of rotatable bonds is 6. The van der Waals surface area contributed by atoms with E-state index in [-0.39, 0.29) is 23.4 Å². The third kappa shape index (κ3) is 4.46. The molecule has 31 heavy (non-hydrogen) atoms. The van der Waals surface area contributed by atoms with Gasteiger partial charge in [0.2, 0.25) is 0 Å². The largest absolute Gasteiger partial charge is 0.507 e. The van der Waals surface area contributed by atoms with E-state index >= 15 is 0 Å². The van der Waals surface area contributed by atoms with Crippen molar-refractivity contribution in [3.8, 4) is 5.75 Å². The van der Waals surface area contributed by atoms with Gasteiger partial charge in [0.25, 0.3) is 0 Å². The molecule has 1 heterocycles. The van der Waals surface area contributed by atoms with Crippen molar-refractivity contribution in [2.24, 2.45) is 0 Å². The summed E-state index contributed by atoms with van der Waals surface area (Å²) in [5, 5.41) is 21.5. The number of carbonyl (C=O) groups excluding carboxylic acids is 1. The molecule has 1 aliphatic rings. The molecule has 0 fully saturated rings. The van der Waals surface area contributed by atoms with Crippen molar-refractivity contribution >= 4 is 17.5 Å². The number of halogens is 3. The Kier molecular flexibility index (Phi) is 5.93. The monoisotopic (exact) mass is 433 g/mol. The Morgan fingerprint density at radius 2 is 1.77 bits per heavy atom. The van der Waals surface area contributed by atoms with Crippen LogP contribution in [-0.2, 0) is 5.41 Å². The van der Waals surface area contributed by atoms with Gasteiger partial charge in [0, 0.05) is 17.8 Å². The number of ketones is 1. The Morgan fingerprint density at radius 3 is 2.42 bits per heavy atom. The number of phenols is 1. The van der Waals surface area contributed by atoms with Crippen molar-refractivity contribution in [1.82, 2.24) is 0 Å². The van der Waals surface area contributed by atoms with Crippen molar-refractivity contribution < 1.29 is 28.2 Å². The van der Waals surface area contributed by atoms with Gasteiger partial charge in [0.1, 0.15) is 5.75 Å². The maximum absolute atomic E-state index is 14.2. The molecule has 2 N–H and O–H groups in total. The second kappa shape index (κ2) is 8.04. The molecule has 4 nitrogen and oxygen atoms in total. The first-order chi connectivity index (χ1) is 14.4. The van der Waals surface area contributed by atoms with Gasteiger partial charge in [-0.15, -0.1) is 0 Å². The molecule has 3 rings (SSSR count). The van der Waals surface area contributed by atoms with Gasteiger partial charge in [0.05, 0.1) is 12.1 Å². The molecule has 0 amide bonds. The summed E-state index contributed by atoms with van der Waals surface area (Å²) in [6.07, 6.45) is -2.00. The zero-order chi connectivity index (χ0) is 23.0. The number of anilines is 1. The van der Waals surface area contributed by atoms with Crippen LogP contribution in [0.2, 0.25) is 0 Å². The van der Waals surface area contributed by atoms with E-state index in [0.717, 1.165) is 5.56 Å². The van der Waals surface area contributed by atoms with E-state index in [2.05, 4.69) is 0 Å². The lowest BCUT2D eigenvalue weighted by atomic mass is 9.73. The van der Waals surface area contributed by atoms with Crippen LogP contribution in [-0.4, -0.2) is 40.9 Å². The molecule has 166 valence electrons. The van der Waals surface area contributed by atoms with Gasteiger partial charge in [0.15, 0.2) is 11.4 Å². The normalized spacial score (nSPS) is 16.0. The van der Waals surface area contributed by atoms with Gasteiger partial charge < -0.3 is 15.1 Å². The van der Waals surface area contributed by atoms with Gasteiger partial charge in [-0.3, -0.25) is 4.79 Å². The van der Waals surface area contributed by atoms with E-state index in [9.17, 15) is 28.2 Å². The summed E-state index contributed by atoms with van der Waals surface area (Å²) in [6.45, 7) is 3.90. The van der Waals surface area contributed by atoms with Crippen molar-refractivity contribution in [3.05, 3.63) is 65.2 Å². The number of aromatic hydroxyl groups is 1. The lowest BCUT2D eigenvalue weighted by Gasteiger charge is -2.42. The SMILES string of the molecule is CC(=O)c1cccc(C(C)(C)CC(O)(CN2CC=Cc3ccccc32)C(F)(F)F)c1O. The highest BCUT2D eigenvalue weighted by Gasteiger charge is 2.57. The first-order valence-corrected chi connectivity index (χ1v) is 9.99. The Morgan fingerprint density at radius 1 is 1.10 bits per heavy atom. The Labute approximate surface area is 179 Å². The number of β-amino-alcohol motifs (C(OH)–C–C–N with tert-alkyl or cyclic N) is 1. The van der Waals surface area contributed by atoms with Gasteiger partial charge in [-0.1, -0.05) is 56.3 Å². The molecule has 0 saturated heterocycles. The number of hydrogen-bond acceptors (Lipinski definition) is 4. The summed E-state index contributed by atoms with van der Waals surface area (Å²) in [5.74, 6) is -0.742. The summed E-state index contributed by atoms with van der Waals surface area (Å²) >= 11 is 0. The Balaban J connectivity index is 1.98. The summed E-state index contributed by atoms with van der Waals surface area (Å²) in [7, 11) is 0. The third-order valence-corrected chi connectivity index (χ3v) is 5.76. The summed E-state index contributed by atoms with van der Waals surface area (Å²) in [5.41, 5.74) is -2.70. The number of para-hydroxylation sites is 2. The fraction of sp³-hybridized carbons (Fsp3) is 0.375. The van der Waals surface area contributed by atoms with E-state index in [1.807, 2.05) is 6.08 Å². The minimum Gasteiger partial charge on any atom is -0.507 e. The van der Waals surface area contributed by atoms with Crippen LogP contribution < -0.4 is 4.90 Å². The standard InChI is InChI=1S/C24H26F3NO3/c1-16(29)18-10-6-11-19(21(18)30)22(2,3)14-23(31,24(25,26)27)15-28-13-7-9-17-8-4-5-12-20(17)28/h4-12,30-31H,13-15H2,1-3H3. The van der Waals surface area contributed by atoms with E-state index in [4.69, 9.17) is 0 Å². The third-order valence-electron chi connectivity index (χ3n) is 5.76. The average Bonchev–Trinajstić information content (AvgIpc) is 2.66. The molecule has 0 saturated carbocycles. The smallest absolute Gasteiger partial charge is 0.418 e. The summed E-state index contributed by atoms with van der Waals surface area (Å²) < 4.78 is 42.5. The number of Topliss-reactive ketones (excluding diaryl/α,β-unsaturated/α-hetero) is 1. The van der Waals surface area contributed by atoms with Gasteiger partial charge in [-0.05, 0) is 36.5 Å². The van der Waals surface area contributed by atoms with Crippen LogP contribution in [0.4, 0.5) is 18.9 Å². The lowest BCUT2D eigenvalue weighted by molar-refractivity contribution is -0.262. The number of hydrogen-bond donors (Lipinski definition) is 2. The van der Waals surface area contributed by atoms with E-state index in [1.54, 1.807) is 30.3 Å². The topological polar surface area (TPSA) is 60.8 Å². The Bertz CT molecular complexity index is 1010. The molecule has 1 atom stereocenters. The summed E-state index contributed by atoms with van der Waals surface area (Å²) in [4.78, 5) is 13.3. The molecule has 0 radical (unpaired) electrons. The van der Waals surface area contributed by atoms with Crippen molar-refractivity contribution in [3.63, 3.8) is 0 Å². The fourth-order valence-electron chi connectivity index (χ4n) is 4.23. The number of phenolic OH excluding ortho intramolecular Hbond substituents is 1. The first-order valence-electron chi connectivity index (χ1n) is 9.99. The molecule has 2 aromatic carbocycles. The molecule has 1 unspecified atom stereocenters. The fourth-order valence-corrected chi connectivity index (χ4v) is 4.23. The summed E-state index contributed by atoms with van der Waals surface area (Å²) in [6, 6.07) is 11.5. The number of nitrogens with zero attached hydrogens (tertiary/aromatic N) is 1. The molecule has 7 heteroatoms. The molecule has 2 aromatic rings. The molecular weight excluding hydrogens is 407 g/mol. The van der Waals surface area contributed by atoms with Crippen LogP contribution in [0.1, 0.15) is 48.7 Å². The van der Waals surface area contributed by atoms with Crippen LogP contribution in [0.5, 0.6) is 5.75 Å². The predicted octanol–water partition coefficient (Wildman–Crippen LogP) is 5.09. The second-order valence-electron chi connectivity index (χ2n) is 8.69.